The van der Waals surface area contributed by atoms with Gasteiger partial charge in [0.1, 0.15) is 24.2 Å². The lowest BCUT2D eigenvalue weighted by Crippen LogP contribution is -2.62. The highest BCUT2D eigenvalue weighted by Gasteiger charge is 2.42. The summed E-state index contributed by atoms with van der Waals surface area (Å²) in [6, 6.07) is 2.56. The Morgan fingerprint density at radius 3 is 2.32 bits per heavy atom. The van der Waals surface area contributed by atoms with Crippen molar-refractivity contribution in [3.63, 3.8) is 0 Å². The van der Waals surface area contributed by atoms with Crippen molar-refractivity contribution in [1.82, 2.24) is 20.4 Å². The monoisotopic (exact) mass is 652 g/mol. The number of unbranched alkanes of at least 4 members (excludes halogenated alkanes) is 1. The fraction of sp³-hybridized carbons (Fsp3) is 0.633. The highest BCUT2D eigenvalue weighted by atomic mass is 32.2. The zero-order chi connectivity index (χ0) is 33.0. The van der Waals surface area contributed by atoms with E-state index in [4.69, 9.17) is 11.5 Å². The van der Waals surface area contributed by atoms with Crippen LogP contribution in [0, 0.1) is 5.92 Å². The van der Waals surface area contributed by atoms with Crippen molar-refractivity contribution in [2.24, 2.45) is 17.4 Å². The van der Waals surface area contributed by atoms with Crippen LogP contribution in [0.15, 0.2) is 24.3 Å². The Balaban J connectivity index is 2.33. The zero-order valence-electron chi connectivity index (χ0n) is 26.0. The largest absolute Gasteiger partial charge is 0.480 e. The van der Waals surface area contributed by atoms with Gasteiger partial charge in [-0.1, -0.05) is 44.5 Å². The van der Waals surface area contributed by atoms with Gasteiger partial charge < -0.3 is 37.0 Å². The van der Waals surface area contributed by atoms with E-state index in [0.717, 1.165) is 17.5 Å². The SMILES string of the molecule is CSCC[C@H](NC(=O)[C@H]1Cc2ccccc2CN1C(=O)[C@H](C(C)C)N(C)C(=O)[C@H](CS)NC(=O)[C@@H](N)CCCCN)C(=O)O. The number of nitrogens with two attached hydrogens (primary N) is 2. The van der Waals surface area contributed by atoms with Gasteiger partial charge in [-0.3, -0.25) is 19.2 Å². The normalized spacial score (nSPS) is 17.2. The third-order valence-corrected chi connectivity index (χ3v) is 8.82. The molecule has 1 aromatic rings. The Bertz CT molecular complexity index is 1150. The molecular weight excluding hydrogens is 605 g/mol. The molecule has 1 aliphatic heterocycles. The molecule has 44 heavy (non-hydrogen) atoms. The molecule has 4 amide bonds. The molecule has 2 rings (SSSR count). The third kappa shape index (κ3) is 10.1. The summed E-state index contributed by atoms with van der Waals surface area (Å²) in [7, 11) is 1.49. The van der Waals surface area contributed by atoms with Crippen molar-refractivity contribution in [3.8, 4) is 0 Å². The number of carbonyl (C=O) groups excluding carboxylic acids is 4. The summed E-state index contributed by atoms with van der Waals surface area (Å²) >= 11 is 5.75. The van der Waals surface area contributed by atoms with Crippen LogP contribution in [0.3, 0.4) is 0 Å². The summed E-state index contributed by atoms with van der Waals surface area (Å²) in [4.78, 5) is 68.9. The van der Waals surface area contributed by atoms with Crippen LogP contribution in [0.5, 0.6) is 0 Å². The van der Waals surface area contributed by atoms with Crippen LogP contribution in [0.1, 0.15) is 50.7 Å². The van der Waals surface area contributed by atoms with Gasteiger partial charge in [0.2, 0.25) is 23.6 Å². The van der Waals surface area contributed by atoms with E-state index in [9.17, 15) is 29.1 Å². The van der Waals surface area contributed by atoms with E-state index in [1.165, 1.54) is 28.6 Å². The van der Waals surface area contributed by atoms with E-state index in [1.807, 2.05) is 30.5 Å². The second kappa shape index (κ2) is 18.2. The number of rotatable bonds is 17. The number of carboxylic acids is 1. The van der Waals surface area contributed by atoms with E-state index >= 15 is 0 Å². The molecule has 0 radical (unpaired) electrons. The molecule has 1 aromatic carbocycles. The first kappa shape index (κ1) is 37.4. The van der Waals surface area contributed by atoms with Gasteiger partial charge in [0.25, 0.3) is 0 Å². The quantitative estimate of drug-likeness (QED) is 0.104. The predicted molar refractivity (Wildman–Crippen MR) is 175 cm³/mol. The number of nitrogens with one attached hydrogen (secondary N) is 2. The average Bonchev–Trinajstić information content (AvgIpc) is 3.00. The number of fused-ring (bicyclic) bond motifs is 1. The minimum Gasteiger partial charge on any atom is -0.480 e. The standard InChI is InChI=1S/C30H48N6O6S2/c1-18(2)25(35(3)28(39)23(17-43)34-26(37)21(32)11-7-8-13-31)29(40)36-16-20-10-6-5-9-19(20)15-24(36)27(38)33-22(30(41)42)12-14-44-4/h5-6,9-10,18,21-25,43H,7-8,11-17,31-32H2,1-4H3,(H,33,38)(H,34,37)(H,41,42)/t21-,22-,23-,24+,25-/m0/s1. The molecule has 246 valence electrons. The van der Waals surface area contributed by atoms with Gasteiger partial charge in [0, 0.05) is 25.8 Å². The predicted octanol–water partition coefficient (Wildman–Crippen LogP) is 0.616. The van der Waals surface area contributed by atoms with Gasteiger partial charge in [-0.15, -0.1) is 0 Å². The Morgan fingerprint density at radius 1 is 1.09 bits per heavy atom. The van der Waals surface area contributed by atoms with Crippen LogP contribution in [0.4, 0.5) is 0 Å². The number of likely N-dealkylation sites (N-methyl/N-ethyl adjacent to an activating group) is 1. The highest BCUT2D eigenvalue weighted by molar-refractivity contribution is 7.98. The third-order valence-electron chi connectivity index (χ3n) is 7.81. The van der Waals surface area contributed by atoms with E-state index in [0.29, 0.717) is 25.1 Å². The molecule has 0 saturated heterocycles. The molecule has 0 spiro atoms. The van der Waals surface area contributed by atoms with E-state index in [1.54, 1.807) is 13.8 Å². The number of amides is 4. The molecule has 0 unspecified atom stereocenters. The Morgan fingerprint density at radius 2 is 1.75 bits per heavy atom. The summed E-state index contributed by atoms with van der Waals surface area (Å²) in [5, 5.41) is 15.0. The van der Waals surface area contributed by atoms with Gasteiger partial charge in [-0.25, -0.2) is 4.79 Å². The fourth-order valence-electron chi connectivity index (χ4n) is 5.30. The summed E-state index contributed by atoms with van der Waals surface area (Å²) < 4.78 is 0. The minimum absolute atomic E-state index is 0.0157. The van der Waals surface area contributed by atoms with Crippen LogP contribution in [0.2, 0.25) is 0 Å². The number of hydrogen-bond donors (Lipinski definition) is 6. The first-order valence-corrected chi connectivity index (χ1v) is 16.9. The molecule has 7 N–H and O–H groups in total. The number of carboxylic acid groups (broad SMARTS) is 1. The molecule has 0 saturated carbocycles. The molecule has 1 heterocycles. The van der Waals surface area contributed by atoms with Crippen LogP contribution >= 0.6 is 24.4 Å². The number of hydrogen-bond acceptors (Lipinski definition) is 9. The molecule has 0 fully saturated rings. The first-order valence-electron chi connectivity index (χ1n) is 14.9. The first-order chi connectivity index (χ1) is 20.9. The maximum absolute atomic E-state index is 14.3. The maximum Gasteiger partial charge on any atom is 0.326 e. The number of benzene rings is 1. The molecule has 5 atom stereocenters. The number of nitrogens with zero attached hydrogens (tertiary/aromatic N) is 2. The van der Waals surface area contributed by atoms with Crippen LogP contribution in [0.25, 0.3) is 0 Å². The number of thioether (sulfide) groups is 1. The Kier molecular flexibility index (Phi) is 15.5. The second-order valence-corrected chi connectivity index (χ2v) is 12.8. The minimum atomic E-state index is -1.15. The summed E-state index contributed by atoms with van der Waals surface area (Å²) in [5.74, 6) is -3.02. The molecular formula is C30H48N6O6S2. The van der Waals surface area contributed by atoms with Gasteiger partial charge in [0.05, 0.1) is 6.04 Å². The lowest BCUT2D eigenvalue weighted by atomic mass is 9.91. The van der Waals surface area contributed by atoms with Crippen LogP contribution in [-0.4, -0.2) is 106 Å². The molecule has 1 aliphatic rings. The second-order valence-electron chi connectivity index (χ2n) is 11.4. The van der Waals surface area contributed by atoms with Gasteiger partial charge in [-0.05, 0) is 54.9 Å². The van der Waals surface area contributed by atoms with Gasteiger partial charge in [-0.2, -0.15) is 24.4 Å². The number of carbonyl (C=O) groups is 5. The average molecular weight is 653 g/mol. The summed E-state index contributed by atoms with van der Waals surface area (Å²) in [6.07, 6.45) is 4.10. The number of aliphatic carboxylic acids is 1. The smallest absolute Gasteiger partial charge is 0.326 e. The van der Waals surface area contributed by atoms with Crippen molar-refractivity contribution in [1.29, 1.82) is 0 Å². The molecule has 12 nitrogen and oxygen atoms in total. The van der Waals surface area contributed by atoms with Gasteiger partial charge in [0.15, 0.2) is 0 Å². The van der Waals surface area contributed by atoms with Crippen LogP contribution in [-0.2, 0) is 36.9 Å². The Labute approximate surface area is 269 Å². The van der Waals surface area contributed by atoms with Crippen molar-refractivity contribution >= 4 is 54.0 Å². The number of thiol groups is 1. The van der Waals surface area contributed by atoms with Crippen molar-refractivity contribution in [3.05, 3.63) is 35.4 Å². The fourth-order valence-corrected chi connectivity index (χ4v) is 6.02. The van der Waals surface area contributed by atoms with Crippen molar-refractivity contribution in [2.45, 2.75) is 82.7 Å². The highest BCUT2D eigenvalue weighted by Crippen LogP contribution is 2.27. The summed E-state index contributed by atoms with van der Waals surface area (Å²) in [6.45, 7) is 4.20. The van der Waals surface area contributed by atoms with E-state index in [-0.39, 0.29) is 31.1 Å². The van der Waals surface area contributed by atoms with Crippen molar-refractivity contribution in [2.75, 3.05) is 31.4 Å². The van der Waals surface area contributed by atoms with Gasteiger partial charge >= 0.3 is 5.97 Å². The molecule has 0 aromatic heterocycles. The molecule has 0 bridgehead atoms. The maximum atomic E-state index is 14.3. The lowest BCUT2D eigenvalue weighted by molar-refractivity contribution is -0.153. The van der Waals surface area contributed by atoms with E-state index < -0.39 is 59.8 Å². The molecule has 14 heteroatoms. The van der Waals surface area contributed by atoms with Crippen LogP contribution < -0.4 is 22.1 Å². The summed E-state index contributed by atoms with van der Waals surface area (Å²) in [5.41, 5.74) is 13.3. The van der Waals surface area contributed by atoms with E-state index in [2.05, 4.69) is 23.3 Å². The Hall–Kier alpha value is -2.81. The zero-order valence-corrected chi connectivity index (χ0v) is 27.7. The molecule has 0 aliphatic carbocycles. The van der Waals surface area contributed by atoms with Crippen molar-refractivity contribution < 1.29 is 29.1 Å². The topological polar surface area (TPSA) is 188 Å². The lowest BCUT2D eigenvalue weighted by Gasteiger charge is -2.41.